The first-order valence-electron chi connectivity index (χ1n) is 10.8. The van der Waals surface area contributed by atoms with E-state index in [0.717, 1.165) is 11.3 Å². The van der Waals surface area contributed by atoms with Crippen molar-refractivity contribution in [2.24, 2.45) is 0 Å². The van der Waals surface area contributed by atoms with E-state index in [1.54, 1.807) is 31.6 Å². The second-order valence-electron chi connectivity index (χ2n) is 7.66. The summed E-state index contributed by atoms with van der Waals surface area (Å²) in [4.78, 5) is 24.7. The number of aryl methyl sites for hydroxylation is 2. The maximum Gasteiger partial charge on any atom is 0.250 e. The highest BCUT2D eigenvalue weighted by Crippen LogP contribution is 2.25. The lowest BCUT2D eigenvalue weighted by atomic mass is 10.1. The molecule has 0 aliphatic rings. The van der Waals surface area contributed by atoms with E-state index in [4.69, 9.17) is 9.47 Å². The number of hydrogen-bond donors (Lipinski definition) is 2. The second-order valence-corrected chi connectivity index (χ2v) is 8.60. The van der Waals surface area contributed by atoms with Crippen molar-refractivity contribution in [3.05, 3.63) is 59.4 Å². The molecule has 9 nitrogen and oxygen atoms in total. The molecule has 0 saturated heterocycles. The van der Waals surface area contributed by atoms with Gasteiger partial charge in [-0.2, -0.15) is 0 Å². The van der Waals surface area contributed by atoms with Gasteiger partial charge < -0.3 is 20.1 Å². The van der Waals surface area contributed by atoms with Crippen LogP contribution >= 0.6 is 11.8 Å². The molecule has 0 aliphatic carbocycles. The van der Waals surface area contributed by atoms with Gasteiger partial charge in [-0.3, -0.25) is 14.2 Å². The second kappa shape index (κ2) is 12.3. The largest absolute Gasteiger partial charge is 0.382 e. The van der Waals surface area contributed by atoms with Gasteiger partial charge in [0.15, 0.2) is 5.16 Å². The normalized spacial score (nSPS) is 10.8. The van der Waals surface area contributed by atoms with Crippen LogP contribution < -0.4 is 10.6 Å². The Morgan fingerprint density at radius 3 is 2.44 bits per heavy atom. The van der Waals surface area contributed by atoms with Crippen LogP contribution in [0.25, 0.3) is 5.69 Å². The van der Waals surface area contributed by atoms with E-state index in [1.165, 1.54) is 22.9 Å². The Morgan fingerprint density at radius 2 is 1.74 bits per heavy atom. The number of anilines is 2. The molecular formula is C24H29N5O4S. The molecule has 2 N–H and O–H groups in total. The quantitative estimate of drug-likeness (QED) is 0.317. The molecule has 0 aliphatic heterocycles. The summed E-state index contributed by atoms with van der Waals surface area (Å²) < 4.78 is 12.0. The van der Waals surface area contributed by atoms with Gasteiger partial charge in [-0.1, -0.05) is 23.9 Å². The van der Waals surface area contributed by atoms with Gasteiger partial charge in [0.1, 0.15) is 12.9 Å². The van der Waals surface area contributed by atoms with Crippen molar-refractivity contribution >= 4 is 35.0 Å². The van der Waals surface area contributed by atoms with Gasteiger partial charge in [0.2, 0.25) is 11.8 Å². The molecule has 0 unspecified atom stereocenters. The van der Waals surface area contributed by atoms with Crippen molar-refractivity contribution in [2.45, 2.75) is 25.9 Å². The number of carbonyl (C=O) groups excluding carboxylic acids is 2. The maximum absolute atomic E-state index is 12.6. The van der Waals surface area contributed by atoms with Crippen LogP contribution in [-0.2, 0) is 19.1 Å². The number of nitrogens with one attached hydrogen (secondary N) is 2. The number of rotatable bonds is 11. The van der Waals surface area contributed by atoms with E-state index in [9.17, 15) is 9.59 Å². The number of benzene rings is 2. The lowest BCUT2D eigenvalue weighted by molar-refractivity contribution is -0.121. The monoisotopic (exact) mass is 483 g/mol. The van der Waals surface area contributed by atoms with Gasteiger partial charge >= 0.3 is 0 Å². The highest BCUT2D eigenvalue weighted by Gasteiger charge is 2.13. The van der Waals surface area contributed by atoms with Crippen LogP contribution in [0.2, 0.25) is 0 Å². The van der Waals surface area contributed by atoms with Crippen molar-refractivity contribution in [1.82, 2.24) is 14.8 Å². The fourth-order valence-corrected chi connectivity index (χ4v) is 3.82. The van der Waals surface area contributed by atoms with Gasteiger partial charge in [-0.25, -0.2) is 0 Å². The number of hydrogen-bond acceptors (Lipinski definition) is 7. The first kappa shape index (κ1) is 25.4. The average molecular weight is 484 g/mol. The lowest BCUT2D eigenvalue weighted by Crippen LogP contribution is -2.21. The maximum atomic E-state index is 12.6. The number of thioether (sulfide) groups is 1. The minimum atomic E-state index is -0.274. The van der Waals surface area contributed by atoms with Crippen LogP contribution in [0.3, 0.4) is 0 Å². The van der Waals surface area contributed by atoms with Crippen molar-refractivity contribution < 1.29 is 19.1 Å². The summed E-state index contributed by atoms with van der Waals surface area (Å²) in [6, 6.07) is 11.5. The zero-order chi connectivity index (χ0) is 24.5. The Hall–Kier alpha value is -3.21. The molecular weight excluding hydrogens is 454 g/mol. The zero-order valence-corrected chi connectivity index (χ0v) is 20.6. The molecule has 0 saturated carbocycles. The molecule has 0 radical (unpaired) electrons. The minimum absolute atomic E-state index is 0.0722. The van der Waals surface area contributed by atoms with E-state index in [0.29, 0.717) is 29.7 Å². The molecule has 0 atom stereocenters. The predicted molar refractivity (Wildman–Crippen MR) is 133 cm³/mol. The Morgan fingerprint density at radius 1 is 1.00 bits per heavy atom. The molecule has 3 aromatic rings. The van der Waals surface area contributed by atoms with Crippen molar-refractivity contribution in [3.63, 3.8) is 0 Å². The molecule has 34 heavy (non-hydrogen) atoms. The smallest absolute Gasteiger partial charge is 0.250 e. The average Bonchev–Trinajstić information content (AvgIpc) is 3.28. The van der Waals surface area contributed by atoms with Gasteiger partial charge in [0, 0.05) is 24.2 Å². The molecule has 1 aromatic heterocycles. The van der Waals surface area contributed by atoms with E-state index in [-0.39, 0.29) is 24.2 Å². The summed E-state index contributed by atoms with van der Waals surface area (Å²) in [5.41, 5.74) is 5.31. The number of nitrogens with zero attached hydrogens (tertiary/aromatic N) is 3. The summed E-state index contributed by atoms with van der Waals surface area (Å²) in [5.74, 6) is -0.301. The predicted octanol–water partition coefficient (Wildman–Crippen LogP) is 3.52. The SMILES string of the molecule is COCCOCC(=O)Nc1cccc(NC(=O)CSc2nncn2-c2ccc(C)c(C)c2)c1C. The molecule has 3 rings (SSSR count). The van der Waals surface area contributed by atoms with Crippen molar-refractivity contribution in [3.8, 4) is 5.69 Å². The zero-order valence-electron chi connectivity index (χ0n) is 19.8. The van der Waals surface area contributed by atoms with Crippen LogP contribution in [0.1, 0.15) is 16.7 Å². The summed E-state index contributed by atoms with van der Waals surface area (Å²) in [6.07, 6.45) is 1.64. The third-order valence-corrected chi connectivity index (χ3v) is 6.11. The lowest BCUT2D eigenvalue weighted by Gasteiger charge is -2.14. The molecule has 0 fully saturated rings. The van der Waals surface area contributed by atoms with Crippen LogP contribution in [0, 0.1) is 20.8 Å². The summed E-state index contributed by atoms with van der Waals surface area (Å²) in [5, 5.41) is 14.5. The summed E-state index contributed by atoms with van der Waals surface area (Å²) in [6.45, 7) is 6.64. The molecule has 0 spiro atoms. The summed E-state index contributed by atoms with van der Waals surface area (Å²) >= 11 is 1.30. The van der Waals surface area contributed by atoms with E-state index < -0.39 is 0 Å². The Labute approximate surface area is 203 Å². The molecule has 10 heteroatoms. The van der Waals surface area contributed by atoms with E-state index >= 15 is 0 Å². The number of ether oxygens (including phenoxy) is 2. The Balaban J connectivity index is 1.58. The molecule has 0 bridgehead atoms. The minimum Gasteiger partial charge on any atom is -0.382 e. The topological polar surface area (TPSA) is 107 Å². The third kappa shape index (κ3) is 6.89. The van der Waals surface area contributed by atoms with Gasteiger partial charge in [-0.05, 0) is 61.7 Å². The molecule has 2 aromatic carbocycles. The highest BCUT2D eigenvalue weighted by molar-refractivity contribution is 7.99. The van der Waals surface area contributed by atoms with Crippen molar-refractivity contribution in [2.75, 3.05) is 43.3 Å². The Kier molecular flexibility index (Phi) is 9.20. The number of amides is 2. The van der Waals surface area contributed by atoms with Crippen LogP contribution in [0.15, 0.2) is 47.9 Å². The highest BCUT2D eigenvalue weighted by atomic mass is 32.2. The molecule has 180 valence electrons. The summed E-state index contributed by atoms with van der Waals surface area (Å²) in [7, 11) is 1.57. The van der Waals surface area contributed by atoms with Gasteiger partial charge in [-0.15, -0.1) is 10.2 Å². The van der Waals surface area contributed by atoms with Crippen LogP contribution in [0.4, 0.5) is 11.4 Å². The van der Waals surface area contributed by atoms with Crippen LogP contribution in [-0.4, -0.2) is 59.3 Å². The fraction of sp³-hybridized carbons (Fsp3) is 0.333. The third-order valence-electron chi connectivity index (χ3n) is 5.16. The first-order chi connectivity index (χ1) is 16.4. The number of aromatic nitrogens is 3. The molecule has 2 amide bonds. The van der Waals surface area contributed by atoms with E-state index in [1.807, 2.05) is 23.6 Å². The standard InChI is InChI=1S/C24H29N5O4S/c1-16-8-9-19(12-17(16)2)29-15-25-28-24(29)34-14-23(31)27-21-7-5-6-20(18(21)3)26-22(30)13-33-11-10-32-4/h5-9,12,15H,10-11,13-14H2,1-4H3,(H,26,30)(H,27,31). The fourth-order valence-electron chi connectivity index (χ4n) is 3.09. The number of carbonyl (C=O) groups is 2. The van der Waals surface area contributed by atoms with Crippen molar-refractivity contribution in [1.29, 1.82) is 0 Å². The van der Waals surface area contributed by atoms with E-state index in [2.05, 4.69) is 40.7 Å². The number of methoxy groups -OCH3 is 1. The van der Waals surface area contributed by atoms with Gasteiger partial charge in [0.05, 0.1) is 19.0 Å². The molecule has 1 heterocycles. The van der Waals surface area contributed by atoms with Crippen LogP contribution in [0.5, 0.6) is 0 Å². The van der Waals surface area contributed by atoms with Gasteiger partial charge in [0.25, 0.3) is 0 Å². The first-order valence-corrected chi connectivity index (χ1v) is 11.7. The Bertz CT molecular complexity index is 1150.